The quantitative estimate of drug-likeness (QED) is 0.356. The molecule has 0 aliphatic carbocycles. The van der Waals surface area contributed by atoms with Crippen LogP contribution in [0.25, 0.3) is 0 Å². The Morgan fingerprint density at radius 2 is 1.67 bits per heavy atom. The summed E-state index contributed by atoms with van der Waals surface area (Å²) in [6.07, 6.45) is 1.42. The zero-order valence-corrected chi connectivity index (χ0v) is 10.6. The van der Waals surface area contributed by atoms with Crippen LogP contribution in [0.4, 0.5) is 5.13 Å². The van der Waals surface area contributed by atoms with Gasteiger partial charge in [-0.2, -0.15) is 0 Å². The molecule has 0 aliphatic rings. The average Bonchev–Trinajstić information content (AvgIpc) is 2.43. The summed E-state index contributed by atoms with van der Waals surface area (Å²) in [5.41, 5.74) is -2.26. The molecule has 0 saturated heterocycles. The number of nitrogens with zero attached hydrogens (tertiary/aromatic N) is 1. The van der Waals surface area contributed by atoms with Crippen LogP contribution in [0.15, 0.2) is 6.20 Å². The summed E-state index contributed by atoms with van der Waals surface area (Å²) in [6, 6.07) is 0. The van der Waals surface area contributed by atoms with Gasteiger partial charge in [0.15, 0.2) is 5.13 Å². The second kappa shape index (κ2) is 8.24. The van der Waals surface area contributed by atoms with Gasteiger partial charge in [-0.25, -0.2) is 4.98 Å². The number of hydrogen-bond acceptors (Lipinski definition) is 5. The molecule has 5 N–H and O–H groups in total. The summed E-state index contributed by atoms with van der Waals surface area (Å²) in [4.78, 5) is 39.7. The Bertz CT molecular complexity index is 450. The van der Waals surface area contributed by atoms with Crippen molar-refractivity contribution >= 4 is 90.8 Å². The van der Waals surface area contributed by atoms with E-state index in [1.165, 1.54) is 6.20 Å². The first-order valence-electron chi connectivity index (χ1n) is 3.90. The van der Waals surface area contributed by atoms with Crippen molar-refractivity contribution in [2.75, 3.05) is 5.32 Å². The molecule has 0 bridgehead atoms. The molecule has 1 rings (SSSR count). The van der Waals surface area contributed by atoms with E-state index in [2.05, 4.69) is 10.3 Å². The van der Waals surface area contributed by atoms with Crippen molar-refractivity contribution in [3.63, 3.8) is 0 Å². The molecule has 0 spiro atoms. The molecule has 0 fully saturated rings. The van der Waals surface area contributed by atoms with Crippen molar-refractivity contribution in [2.24, 2.45) is 0 Å². The predicted molar refractivity (Wildman–Crippen MR) is 72.6 cm³/mol. The summed E-state index contributed by atoms with van der Waals surface area (Å²) >= 11 is 1.04. The topological polar surface area (TPSA) is 140 Å². The molecular formula is C5H12N2Na2O6P2S. The average molecular weight is 336 g/mol. The summed E-state index contributed by atoms with van der Waals surface area (Å²) in [5.74, 6) is 0. The van der Waals surface area contributed by atoms with Gasteiger partial charge in [-0.05, 0) is 6.92 Å². The summed E-state index contributed by atoms with van der Waals surface area (Å²) in [7, 11) is -9.92. The SMILES string of the molecule is Cc1cnc(NC(P(=O)(O)O)P(=O)(O)O)s1.[NaH].[NaH]. The first kappa shape index (κ1) is 22.0. The van der Waals surface area contributed by atoms with Crippen molar-refractivity contribution in [1.29, 1.82) is 0 Å². The summed E-state index contributed by atoms with van der Waals surface area (Å²) < 4.78 is 21.8. The van der Waals surface area contributed by atoms with Crippen LogP contribution in [0.3, 0.4) is 0 Å². The molecule has 0 unspecified atom stereocenters. The van der Waals surface area contributed by atoms with Crippen molar-refractivity contribution in [3.8, 4) is 0 Å². The Labute approximate surface area is 152 Å². The standard InChI is InChI=1S/C5H10N2O6P2S.2Na.2H/c1-3-2-6-4(16-3)7-5(14(8,9)10)15(11,12)13;;;;/h2,5H,1H3,(H,6,7)(H2,8,9,10)(H2,11,12,13);;;;. The van der Waals surface area contributed by atoms with Crippen LogP contribution in [0, 0.1) is 6.92 Å². The van der Waals surface area contributed by atoms with Gasteiger partial charge < -0.3 is 24.9 Å². The van der Waals surface area contributed by atoms with Gasteiger partial charge in [0.25, 0.3) is 0 Å². The number of hydrogen-bond donors (Lipinski definition) is 5. The van der Waals surface area contributed by atoms with E-state index in [1.54, 1.807) is 6.92 Å². The molecular weight excluding hydrogens is 324 g/mol. The van der Waals surface area contributed by atoms with Crippen LogP contribution in [0.1, 0.15) is 4.88 Å². The number of anilines is 1. The minimum absolute atomic E-state index is 0. The molecule has 18 heavy (non-hydrogen) atoms. The van der Waals surface area contributed by atoms with Crippen molar-refractivity contribution in [2.45, 2.75) is 12.4 Å². The van der Waals surface area contributed by atoms with E-state index in [1.807, 2.05) is 0 Å². The molecule has 0 aromatic carbocycles. The Morgan fingerprint density at radius 1 is 1.22 bits per heavy atom. The molecule has 13 heteroatoms. The Kier molecular flexibility index (Phi) is 10.1. The predicted octanol–water partition coefficient (Wildman–Crippen LogP) is -0.795. The van der Waals surface area contributed by atoms with Crippen LogP contribution in [0.5, 0.6) is 0 Å². The third-order valence-corrected chi connectivity index (χ3v) is 5.69. The van der Waals surface area contributed by atoms with Gasteiger partial charge in [-0.1, -0.05) is 0 Å². The van der Waals surface area contributed by atoms with Gasteiger partial charge in [0.2, 0.25) is 5.52 Å². The van der Waals surface area contributed by atoms with E-state index < -0.39 is 20.7 Å². The molecule has 1 aromatic heterocycles. The van der Waals surface area contributed by atoms with E-state index in [0.29, 0.717) is 0 Å². The van der Waals surface area contributed by atoms with Gasteiger partial charge in [0.05, 0.1) is 0 Å². The van der Waals surface area contributed by atoms with Crippen LogP contribution >= 0.6 is 26.5 Å². The summed E-state index contributed by atoms with van der Waals surface area (Å²) in [6.45, 7) is 1.70. The number of aromatic nitrogens is 1. The van der Waals surface area contributed by atoms with Gasteiger partial charge >= 0.3 is 74.3 Å². The minimum atomic E-state index is -4.96. The molecule has 1 aromatic rings. The monoisotopic (exact) mass is 336 g/mol. The molecule has 1 heterocycles. The van der Waals surface area contributed by atoms with Crippen molar-refractivity contribution in [3.05, 3.63) is 11.1 Å². The van der Waals surface area contributed by atoms with E-state index in [0.717, 1.165) is 16.2 Å². The zero-order chi connectivity index (χ0) is 12.6. The molecule has 0 aliphatic heterocycles. The third kappa shape index (κ3) is 6.95. The Balaban J connectivity index is 0. The van der Waals surface area contributed by atoms with E-state index >= 15 is 0 Å². The van der Waals surface area contributed by atoms with Crippen LogP contribution in [-0.4, -0.2) is 89.2 Å². The zero-order valence-electron chi connectivity index (χ0n) is 8.01. The van der Waals surface area contributed by atoms with Crippen molar-refractivity contribution in [1.82, 2.24) is 4.98 Å². The molecule has 0 atom stereocenters. The van der Waals surface area contributed by atoms with E-state index in [4.69, 9.17) is 19.6 Å². The Morgan fingerprint density at radius 3 is 1.94 bits per heavy atom. The summed E-state index contributed by atoms with van der Waals surface area (Å²) in [5, 5.41) is 2.11. The van der Waals surface area contributed by atoms with Crippen molar-refractivity contribution < 1.29 is 28.7 Å². The number of rotatable bonds is 4. The first-order chi connectivity index (χ1) is 7.10. The maximum atomic E-state index is 10.9. The van der Waals surface area contributed by atoms with Gasteiger partial charge in [-0.3, -0.25) is 9.13 Å². The normalized spacial score (nSPS) is 11.7. The Hall–Kier alpha value is 1.73. The molecule has 0 radical (unpaired) electrons. The fourth-order valence-electron chi connectivity index (χ4n) is 0.896. The maximum absolute atomic E-state index is 10.9. The van der Waals surface area contributed by atoms with Gasteiger partial charge in [0.1, 0.15) is 0 Å². The molecule has 0 saturated carbocycles. The molecule has 0 amide bonds. The molecule has 8 nitrogen and oxygen atoms in total. The molecule has 96 valence electrons. The van der Waals surface area contributed by atoms with Crippen LogP contribution in [-0.2, 0) is 9.13 Å². The first-order valence-corrected chi connectivity index (χ1v) is 8.08. The van der Waals surface area contributed by atoms with Crippen LogP contribution in [0.2, 0.25) is 0 Å². The van der Waals surface area contributed by atoms with Gasteiger partial charge in [-0.15, -0.1) is 11.3 Å². The van der Waals surface area contributed by atoms with Gasteiger partial charge in [0, 0.05) is 11.1 Å². The van der Waals surface area contributed by atoms with E-state index in [9.17, 15) is 9.13 Å². The second-order valence-corrected chi connectivity index (χ2v) is 8.00. The number of nitrogens with one attached hydrogen (secondary N) is 1. The van der Waals surface area contributed by atoms with E-state index in [-0.39, 0.29) is 64.2 Å². The third-order valence-electron chi connectivity index (χ3n) is 1.51. The fraction of sp³-hybridized carbons (Fsp3) is 0.400. The second-order valence-electron chi connectivity index (χ2n) is 2.97. The fourth-order valence-corrected chi connectivity index (χ4v) is 3.91. The number of aryl methyl sites for hydroxylation is 1. The van der Waals surface area contributed by atoms with Crippen LogP contribution < -0.4 is 5.32 Å². The number of thiazole rings is 1.